The van der Waals surface area contributed by atoms with Crippen molar-refractivity contribution in [1.29, 1.82) is 0 Å². The van der Waals surface area contributed by atoms with E-state index in [0.29, 0.717) is 5.88 Å². The zero-order valence-corrected chi connectivity index (χ0v) is 7.75. The molecule has 0 amide bonds. The van der Waals surface area contributed by atoms with Gasteiger partial charge in [-0.25, -0.2) is 0 Å². The second-order valence-corrected chi connectivity index (χ2v) is 3.40. The minimum atomic E-state index is -4.12. The monoisotopic (exact) mass is 213 g/mol. The molecule has 0 spiro atoms. The number of rotatable bonds is 4. The molecule has 0 aromatic heterocycles. The van der Waals surface area contributed by atoms with Crippen LogP contribution in [0.15, 0.2) is 12.2 Å². The molecule has 0 bridgehead atoms. The fourth-order valence-corrected chi connectivity index (χ4v) is 1.21. The highest BCUT2D eigenvalue weighted by molar-refractivity contribution is 6.18. The van der Waals surface area contributed by atoms with Crippen LogP contribution in [0.25, 0.3) is 0 Å². The Bertz CT molecular complexity index is 196. The molecule has 76 valence electrons. The van der Waals surface area contributed by atoms with Crippen LogP contribution in [0.3, 0.4) is 0 Å². The Balaban J connectivity index is 2.32. The van der Waals surface area contributed by atoms with Crippen molar-refractivity contribution < 1.29 is 13.2 Å². The molecule has 1 nitrogen and oxygen atoms in total. The average Bonchev–Trinajstić information content (AvgIpc) is 2.77. The van der Waals surface area contributed by atoms with E-state index >= 15 is 0 Å². The molecule has 0 radical (unpaired) electrons. The summed E-state index contributed by atoms with van der Waals surface area (Å²) in [5, 5.41) is 2.47. The molecule has 1 aliphatic rings. The highest BCUT2D eigenvalue weighted by Gasteiger charge is 2.62. The summed E-state index contributed by atoms with van der Waals surface area (Å²) in [5.74, 6) is 0.334. The summed E-state index contributed by atoms with van der Waals surface area (Å²) >= 11 is 5.32. The van der Waals surface area contributed by atoms with Crippen LogP contribution < -0.4 is 5.32 Å². The third-order valence-electron chi connectivity index (χ3n) is 2.11. The second kappa shape index (κ2) is 3.88. The Morgan fingerprint density at radius 3 is 2.31 bits per heavy atom. The number of hydrogen-bond donors (Lipinski definition) is 1. The van der Waals surface area contributed by atoms with Crippen LogP contribution in [0.5, 0.6) is 0 Å². The van der Waals surface area contributed by atoms with Gasteiger partial charge in [0.05, 0.1) is 0 Å². The van der Waals surface area contributed by atoms with Gasteiger partial charge in [-0.3, -0.25) is 0 Å². The summed E-state index contributed by atoms with van der Waals surface area (Å²) in [6.45, 7) is 0.228. The van der Waals surface area contributed by atoms with Crippen LogP contribution in [-0.2, 0) is 0 Å². The van der Waals surface area contributed by atoms with Crippen LogP contribution >= 0.6 is 11.6 Å². The first-order valence-electron chi connectivity index (χ1n) is 4.04. The highest BCUT2D eigenvalue weighted by atomic mass is 35.5. The van der Waals surface area contributed by atoms with E-state index < -0.39 is 11.7 Å². The van der Waals surface area contributed by atoms with Gasteiger partial charge < -0.3 is 5.32 Å². The quantitative estimate of drug-likeness (QED) is 0.559. The van der Waals surface area contributed by atoms with Crippen LogP contribution in [0, 0.1) is 0 Å². The van der Waals surface area contributed by atoms with E-state index in [0.717, 1.165) is 0 Å². The Kier molecular flexibility index (Phi) is 3.24. The smallest absolute Gasteiger partial charge is 0.300 e. The van der Waals surface area contributed by atoms with Gasteiger partial charge in [-0.2, -0.15) is 13.2 Å². The Labute approximate surface area is 79.9 Å². The maximum atomic E-state index is 12.3. The molecular formula is C8H11ClF3N. The summed E-state index contributed by atoms with van der Waals surface area (Å²) in [7, 11) is 0. The van der Waals surface area contributed by atoms with E-state index in [2.05, 4.69) is 5.32 Å². The molecular weight excluding hydrogens is 203 g/mol. The van der Waals surface area contributed by atoms with Gasteiger partial charge in [0.25, 0.3) is 0 Å². The summed E-state index contributed by atoms with van der Waals surface area (Å²) in [4.78, 5) is 0. The zero-order valence-electron chi connectivity index (χ0n) is 6.99. The lowest BCUT2D eigenvalue weighted by atomic mass is 10.2. The van der Waals surface area contributed by atoms with Crippen molar-refractivity contribution in [1.82, 2.24) is 5.32 Å². The first-order chi connectivity index (χ1) is 6.02. The standard InChI is InChI=1S/C8H11ClF3N/c9-5-1-2-6-13-7(3-4-7)8(10,11)12/h1-2,13H,3-6H2/b2-1+. The molecule has 0 heterocycles. The van der Waals surface area contributed by atoms with Gasteiger partial charge in [-0.1, -0.05) is 12.2 Å². The normalized spacial score (nSPS) is 20.9. The Hall–Kier alpha value is -0.220. The van der Waals surface area contributed by atoms with E-state index in [1.807, 2.05) is 0 Å². The van der Waals surface area contributed by atoms with Crippen LogP contribution in [0.2, 0.25) is 0 Å². The molecule has 1 aliphatic carbocycles. The molecule has 0 aromatic rings. The number of nitrogens with one attached hydrogen (secondary N) is 1. The van der Waals surface area contributed by atoms with E-state index in [1.165, 1.54) is 0 Å². The largest absolute Gasteiger partial charge is 0.406 e. The number of allylic oxidation sites excluding steroid dienone is 1. The van der Waals surface area contributed by atoms with E-state index in [1.54, 1.807) is 12.2 Å². The van der Waals surface area contributed by atoms with E-state index in [9.17, 15) is 13.2 Å². The molecule has 1 N–H and O–H groups in total. The van der Waals surface area contributed by atoms with Crippen molar-refractivity contribution in [3.8, 4) is 0 Å². The third-order valence-corrected chi connectivity index (χ3v) is 2.28. The Morgan fingerprint density at radius 2 is 1.92 bits per heavy atom. The summed E-state index contributed by atoms with van der Waals surface area (Å²) in [5.41, 5.74) is -1.61. The van der Waals surface area contributed by atoms with Gasteiger partial charge in [-0.05, 0) is 12.8 Å². The molecule has 0 atom stereocenters. The minimum absolute atomic E-state index is 0.186. The molecule has 1 saturated carbocycles. The van der Waals surface area contributed by atoms with E-state index in [4.69, 9.17) is 11.6 Å². The van der Waals surface area contributed by atoms with Crippen molar-refractivity contribution in [3.63, 3.8) is 0 Å². The van der Waals surface area contributed by atoms with Crippen molar-refractivity contribution in [2.24, 2.45) is 0 Å². The summed E-state index contributed by atoms with van der Waals surface area (Å²) < 4.78 is 36.9. The first-order valence-corrected chi connectivity index (χ1v) is 4.58. The van der Waals surface area contributed by atoms with Crippen LogP contribution in [0.1, 0.15) is 12.8 Å². The van der Waals surface area contributed by atoms with Gasteiger partial charge in [0.15, 0.2) is 0 Å². The molecule has 1 rings (SSSR count). The fraction of sp³-hybridized carbons (Fsp3) is 0.750. The second-order valence-electron chi connectivity index (χ2n) is 3.09. The molecule has 0 unspecified atom stereocenters. The van der Waals surface area contributed by atoms with E-state index in [-0.39, 0.29) is 19.4 Å². The first kappa shape index (κ1) is 10.9. The van der Waals surface area contributed by atoms with Crippen LogP contribution in [-0.4, -0.2) is 24.1 Å². The third kappa shape index (κ3) is 2.61. The van der Waals surface area contributed by atoms with Crippen molar-refractivity contribution in [2.45, 2.75) is 24.6 Å². The maximum Gasteiger partial charge on any atom is 0.406 e. The zero-order chi connectivity index (χ0) is 9.95. The number of halogens is 4. The molecule has 13 heavy (non-hydrogen) atoms. The molecule has 0 aromatic carbocycles. The number of hydrogen-bond acceptors (Lipinski definition) is 1. The summed E-state index contributed by atoms with van der Waals surface area (Å²) in [6, 6.07) is 0. The van der Waals surface area contributed by atoms with Gasteiger partial charge in [-0.15, -0.1) is 11.6 Å². The topological polar surface area (TPSA) is 12.0 Å². The van der Waals surface area contributed by atoms with Crippen molar-refractivity contribution in [3.05, 3.63) is 12.2 Å². The minimum Gasteiger partial charge on any atom is -0.300 e. The van der Waals surface area contributed by atoms with Crippen molar-refractivity contribution >= 4 is 11.6 Å². The predicted molar refractivity (Wildman–Crippen MR) is 45.9 cm³/mol. The molecule has 5 heteroatoms. The number of alkyl halides is 4. The van der Waals surface area contributed by atoms with Gasteiger partial charge in [0, 0.05) is 12.4 Å². The van der Waals surface area contributed by atoms with Gasteiger partial charge >= 0.3 is 6.18 Å². The average molecular weight is 214 g/mol. The molecule has 1 fully saturated rings. The van der Waals surface area contributed by atoms with Gasteiger partial charge in [0.1, 0.15) is 5.54 Å². The van der Waals surface area contributed by atoms with Crippen molar-refractivity contribution in [2.75, 3.05) is 12.4 Å². The SMILES string of the molecule is FC(F)(F)C1(NC/C=C/CCl)CC1. The highest BCUT2D eigenvalue weighted by Crippen LogP contribution is 2.48. The summed E-state index contributed by atoms with van der Waals surface area (Å²) in [6.07, 6.45) is -0.516. The maximum absolute atomic E-state index is 12.3. The lowest BCUT2D eigenvalue weighted by Gasteiger charge is -2.19. The fourth-order valence-electron chi connectivity index (χ4n) is 1.09. The lowest BCUT2D eigenvalue weighted by molar-refractivity contribution is -0.165. The van der Waals surface area contributed by atoms with Gasteiger partial charge in [0.2, 0.25) is 0 Å². The molecule has 0 aliphatic heterocycles. The predicted octanol–water partition coefficient (Wildman–Crippen LogP) is 2.47. The Morgan fingerprint density at radius 1 is 1.31 bits per heavy atom. The van der Waals surface area contributed by atoms with Crippen LogP contribution in [0.4, 0.5) is 13.2 Å². The lowest BCUT2D eigenvalue weighted by Crippen LogP contribution is -2.44. The molecule has 0 saturated heterocycles.